The highest BCUT2D eigenvalue weighted by molar-refractivity contribution is 5.83. The maximum Gasteiger partial charge on any atom is 0.305 e. The molecule has 1 saturated carbocycles. The van der Waals surface area contributed by atoms with Crippen LogP contribution in [0, 0.1) is 5.41 Å². The molecule has 1 aliphatic rings. The van der Waals surface area contributed by atoms with Crippen molar-refractivity contribution in [3.05, 3.63) is 0 Å². The molecule has 92 valence electrons. The molecule has 1 rings (SSSR count). The van der Waals surface area contributed by atoms with Crippen molar-refractivity contribution in [2.24, 2.45) is 11.1 Å². The molecule has 5 nitrogen and oxygen atoms in total. The zero-order chi connectivity index (χ0) is 12.0. The van der Waals surface area contributed by atoms with E-state index < -0.39 is 0 Å². The number of ether oxygens (including phenoxy) is 1. The molecule has 0 bridgehead atoms. The summed E-state index contributed by atoms with van der Waals surface area (Å²) in [6, 6.07) is 0. The first-order valence-corrected chi connectivity index (χ1v) is 5.70. The van der Waals surface area contributed by atoms with Gasteiger partial charge in [0.2, 0.25) is 5.91 Å². The largest absolute Gasteiger partial charge is 0.469 e. The van der Waals surface area contributed by atoms with Crippen molar-refractivity contribution in [3.63, 3.8) is 0 Å². The molecule has 1 aliphatic carbocycles. The number of nitrogens with two attached hydrogens (primary N) is 1. The van der Waals surface area contributed by atoms with Crippen LogP contribution in [0.2, 0.25) is 0 Å². The van der Waals surface area contributed by atoms with E-state index in [2.05, 4.69) is 10.1 Å². The van der Waals surface area contributed by atoms with E-state index in [1.165, 1.54) is 7.11 Å². The van der Waals surface area contributed by atoms with Crippen molar-refractivity contribution in [2.75, 3.05) is 20.2 Å². The van der Waals surface area contributed by atoms with Gasteiger partial charge in [-0.05, 0) is 19.3 Å². The molecule has 0 atom stereocenters. The SMILES string of the molecule is COC(=O)CCCNC(=O)C1(CN)CCC1. The van der Waals surface area contributed by atoms with Gasteiger partial charge in [0.05, 0.1) is 12.5 Å². The van der Waals surface area contributed by atoms with Crippen LogP contribution in [-0.2, 0) is 14.3 Å². The van der Waals surface area contributed by atoms with E-state index >= 15 is 0 Å². The molecule has 0 heterocycles. The number of carbonyl (C=O) groups is 2. The first-order chi connectivity index (χ1) is 7.64. The molecular formula is C11H20N2O3. The van der Waals surface area contributed by atoms with Gasteiger partial charge < -0.3 is 15.8 Å². The number of hydrogen-bond acceptors (Lipinski definition) is 4. The molecule has 0 spiro atoms. The van der Waals surface area contributed by atoms with Crippen LogP contribution in [-0.4, -0.2) is 32.1 Å². The lowest BCUT2D eigenvalue weighted by Crippen LogP contribution is -2.50. The molecule has 1 fully saturated rings. The summed E-state index contributed by atoms with van der Waals surface area (Å²) in [5.41, 5.74) is 5.28. The highest BCUT2D eigenvalue weighted by atomic mass is 16.5. The number of rotatable bonds is 6. The van der Waals surface area contributed by atoms with E-state index in [0.29, 0.717) is 25.9 Å². The molecule has 5 heteroatoms. The smallest absolute Gasteiger partial charge is 0.305 e. The number of esters is 1. The standard InChI is InChI=1S/C11H20N2O3/c1-16-9(14)4-2-7-13-10(15)11(8-12)5-3-6-11/h2-8,12H2,1H3,(H,13,15). The van der Waals surface area contributed by atoms with Gasteiger partial charge in [0.1, 0.15) is 0 Å². The summed E-state index contributed by atoms with van der Waals surface area (Å²) in [6.45, 7) is 0.922. The number of amides is 1. The van der Waals surface area contributed by atoms with Crippen LogP contribution >= 0.6 is 0 Å². The number of carbonyl (C=O) groups excluding carboxylic acids is 2. The quantitative estimate of drug-likeness (QED) is 0.502. The fraction of sp³-hybridized carbons (Fsp3) is 0.818. The van der Waals surface area contributed by atoms with Gasteiger partial charge in [-0.3, -0.25) is 9.59 Å². The molecule has 3 N–H and O–H groups in total. The van der Waals surface area contributed by atoms with Crippen LogP contribution < -0.4 is 11.1 Å². The molecule has 0 saturated heterocycles. The fourth-order valence-electron chi connectivity index (χ4n) is 1.85. The molecule has 0 unspecified atom stereocenters. The van der Waals surface area contributed by atoms with Crippen LogP contribution in [0.15, 0.2) is 0 Å². The Labute approximate surface area is 95.7 Å². The minimum atomic E-state index is -0.328. The Bertz CT molecular complexity index is 256. The van der Waals surface area contributed by atoms with Crippen LogP contribution in [0.3, 0.4) is 0 Å². The van der Waals surface area contributed by atoms with Gasteiger partial charge in [-0.15, -0.1) is 0 Å². The first-order valence-electron chi connectivity index (χ1n) is 5.70. The molecule has 0 aromatic carbocycles. The summed E-state index contributed by atoms with van der Waals surface area (Å²) >= 11 is 0. The van der Waals surface area contributed by atoms with Crippen molar-refractivity contribution in [3.8, 4) is 0 Å². The van der Waals surface area contributed by atoms with Crippen molar-refractivity contribution < 1.29 is 14.3 Å². The van der Waals surface area contributed by atoms with Crippen molar-refractivity contribution in [1.82, 2.24) is 5.32 Å². The van der Waals surface area contributed by atoms with E-state index in [0.717, 1.165) is 19.3 Å². The van der Waals surface area contributed by atoms with Crippen LogP contribution in [0.25, 0.3) is 0 Å². The lowest BCUT2D eigenvalue weighted by molar-refractivity contribution is -0.141. The van der Waals surface area contributed by atoms with Crippen LogP contribution in [0.5, 0.6) is 0 Å². The topological polar surface area (TPSA) is 81.4 Å². The van der Waals surface area contributed by atoms with Gasteiger partial charge >= 0.3 is 5.97 Å². The molecule has 0 aromatic heterocycles. The molecule has 0 aliphatic heterocycles. The van der Waals surface area contributed by atoms with Gasteiger partial charge in [0.15, 0.2) is 0 Å². The fourth-order valence-corrected chi connectivity index (χ4v) is 1.85. The van der Waals surface area contributed by atoms with E-state index in [1.807, 2.05) is 0 Å². The zero-order valence-electron chi connectivity index (χ0n) is 9.75. The Hall–Kier alpha value is -1.10. The maximum atomic E-state index is 11.8. The van der Waals surface area contributed by atoms with Gasteiger partial charge in [-0.25, -0.2) is 0 Å². The highest BCUT2D eigenvalue weighted by Gasteiger charge is 2.42. The number of hydrogen-bond donors (Lipinski definition) is 2. The normalized spacial score (nSPS) is 17.4. The van der Waals surface area contributed by atoms with Crippen LogP contribution in [0.1, 0.15) is 32.1 Å². The van der Waals surface area contributed by atoms with Crippen molar-refractivity contribution in [1.29, 1.82) is 0 Å². The molecule has 1 amide bonds. The average Bonchev–Trinajstić information content (AvgIpc) is 2.23. The predicted molar refractivity (Wildman–Crippen MR) is 59.6 cm³/mol. The summed E-state index contributed by atoms with van der Waals surface area (Å²) in [5, 5.41) is 2.83. The average molecular weight is 228 g/mol. The Kier molecular flexibility index (Phi) is 4.73. The second-order valence-electron chi connectivity index (χ2n) is 4.27. The third-order valence-electron chi connectivity index (χ3n) is 3.25. The highest BCUT2D eigenvalue weighted by Crippen LogP contribution is 2.39. The van der Waals surface area contributed by atoms with Gasteiger partial charge in [-0.1, -0.05) is 6.42 Å². The Morgan fingerprint density at radius 2 is 2.12 bits per heavy atom. The summed E-state index contributed by atoms with van der Waals surface area (Å²) in [6.07, 6.45) is 3.79. The van der Waals surface area contributed by atoms with Crippen LogP contribution in [0.4, 0.5) is 0 Å². The summed E-state index contributed by atoms with van der Waals surface area (Å²) in [7, 11) is 1.36. The summed E-state index contributed by atoms with van der Waals surface area (Å²) < 4.78 is 4.51. The Morgan fingerprint density at radius 1 is 1.44 bits per heavy atom. The molecular weight excluding hydrogens is 208 g/mol. The lowest BCUT2D eigenvalue weighted by Gasteiger charge is -2.39. The third kappa shape index (κ3) is 2.95. The third-order valence-corrected chi connectivity index (χ3v) is 3.25. The Balaban J connectivity index is 2.17. The molecule has 0 aromatic rings. The van der Waals surface area contributed by atoms with E-state index in [4.69, 9.17) is 5.73 Å². The lowest BCUT2D eigenvalue weighted by atomic mass is 9.68. The number of methoxy groups -OCH3 is 1. The van der Waals surface area contributed by atoms with E-state index in [-0.39, 0.29) is 17.3 Å². The number of nitrogens with one attached hydrogen (secondary N) is 1. The minimum absolute atomic E-state index is 0.0334. The van der Waals surface area contributed by atoms with Gasteiger partial charge in [-0.2, -0.15) is 0 Å². The summed E-state index contributed by atoms with van der Waals surface area (Å²) in [4.78, 5) is 22.6. The second-order valence-corrected chi connectivity index (χ2v) is 4.27. The molecule has 16 heavy (non-hydrogen) atoms. The van der Waals surface area contributed by atoms with Gasteiger partial charge in [0.25, 0.3) is 0 Å². The van der Waals surface area contributed by atoms with Crippen molar-refractivity contribution in [2.45, 2.75) is 32.1 Å². The first kappa shape index (κ1) is 13.0. The second kappa shape index (κ2) is 5.84. The van der Waals surface area contributed by atoms with E-state index in [1.54, 1.807) is 0 Å². The maximum absolute atomic E-state index is 11.8. The minimum Gasteiger partial charge on any atom is -0.469 e. The molecule has 0 radical (unpaired) electrons. The van der Waals surface area contributed by atoms with Crippen molar-refractivity contribution >= 4 is 11.9 Å². The van der Waals surface area contributed by atoms with Gasteiger partial charge in [0, 0.05) is 19.5 Å². The van der Waals surface area contributed by atoms with E-state index in [9.17, 15) is 9.59 Å². The zero-order valence-corrected chi connectivity index (χ0v) is 9.75. The predicted octanol–water partition coefficient (Wildman–Crippen LogP) is 0.185. The Morgan fingerprint density at radius 3 is 2.56 bits per heavy atom. The summed E-state index contributed by atoms with van der Waals surface area (Å²) in [5.74, 6) is -0.211. The monoisotopic (exact) mass is 228 g/mol.